The first-order chi connectivity index (χ1) is 15.2. The number of hydrogen-bond acceptors (Lipinski definition) is 6. The van der Waals surface area contributed by atoms with E-state index in [4.69, 9.17) is 4.74 Å². The molecule has 0 bridgehead atoms. The van der Waals surface area contributed by atoms with Gasteiger partial charge in [-0.3, -0.25) is 19.7 Å². The Kier molecular flexibility index (Phi) is 8.14. The van der Waals surface area contributed by atoms with Gasteiger partial charge in [0.1, 0.15) is 12.4 Å². The Morgan fingerprint density at radius 2 is 1.94 bits per heavy atom. The number of nitrogens with one attached hydrogen (secondary N) is 1. The molecule has 13 heteroatoms. The molecule has 1 heterocycles. The summed E-state index contributed by atoms with van der Waals surface area (Å²) < 4.78 is 45.8. The van der Waals surface area contributed by atoms with Gasteiger partial charge in [0.15, 0.2) is 0 Å². The standard InChI is InChI=1S/C20H25F3N4O5Si/c1-13(14-9-15(20(21,22)23)11-16(10-14)27(30)31)24-19(29)17-5-6-18(28)26(25-17)12-32-7-8-33(2,3)4/h5-6,9-11,13H,7-8,12H2,1-4H3,(H,24,29)/t13-/m1/s1. The molecule has 2 rings (SSSR count). The third-order valence-corrected chi connectivity index (χ3v) is 6.34. The average Bonchev–Trinajstić information content (AvgIpc) is 2.70. The van der Waals surface area contributed by atoms with Crippen LogP contribution in [-0.2, 0) is 17.6 Å². The first kappa shape index (κ1) is 26.2. The molecule has 2 aromatic rings. The lowest BCUT2D eigenvalue weighted by Crippen LogP contribution is -2.32. The Bertz CT molecular complexity index is 1080. The molecule has 33 heavy (non-hydrogen) atoms. The molecule has 9 nitrogen and oxygen atoms in total. The van der Waals surface area contributed by atoms with Crippen LogP contribution in [0.3, 0.4) is 0 Å². The zero-order chi connectivity index (χ0) is 25.0. The fraction of sp³-hybridized carbons (Fsp3) is 0.450. The second-order valence-corrected chi connectivity index (χ2v) is 14.3. The predicted molar refractivity (Wildman–Crippen MR) is 117 cm³/mol. The number of hydrogen-bond donors (Lipinski definition) is 1. The lowest BCUT2D eigenvalue weighted by Gasteiger charge is -2.17. The number of alkyl halides is 3. The second-order valence-electron chi connectivity index (χ2n) is 8.67. The normalized spacial score (nSPS) is 12.9. The van der Waals surface area contributed by atoms with E-state index in [1.807, 2.05) is 0 Å². The third-order valence-electron chi connectivity index (χ3n) is 4.64. The third kappa shape index (κ3) is 7.78. The molecular formula is C20H25F3N4O5Si. The summed E-state index contributed by atoms with van der Waals surface area (Å²) in [6, 6.07) is 4.30. The van der Waals surface area contributed by atoms with E-state index in [1.54, 1.807) is 0 Å². The highest BCUT2D eigenvalue weighted by molar-refractivity contribution is 6.76. The number of rotatable bonds is 9. The molecule has 0 aliphatic rings. The Morgan fingerprint density at radius 3 is 2.52 bits per heavy atom. The fourth-order valence-electron chi connectivity index (χ4n) is 2.70. The summed E-state index contributed by atoms with van der Waals surface area (Å²) in [6.45, 7) is 8.18. The number of nitrogens with zero attached hydrogens (tertiary/aromatic N) is 3. The van der Waals surface area contributed by atoms with Gasteiger partial charge in [-0.15, -0.1) is 0 Å². The van der Waals surface area contributed by atoms with E-state index in [1.165, 1.54) is 13.0 Å². The van der Waals surface area contributed by atoms with Crippen molar-refractivity contribution >= 4 is 19.7 Å². The van der Waals surface area contributed by atoms with Crippen molar-refractivity contribution < 1.29 is 27.6 Å². The molecule has 1 N–H and O–H groups in total. The average molecular weight is 487 g/mol. The van der Waals surface area contributed by atoms with Crippen molar-refractivity contribution in [1.29, 1.82) is 0 Å². The van der Waals surface area contributed by atoms with Crippen molar-refractivity contribution in [3.05, 3.63) is 67.6 Å². The molecule has 0 saturated carbocycles. The van der Waals surface area contributed by atoms with Crippen LogP contribution in [0, 0.1) is 10.1 Å². The van der Waals surface area contributed by atoms with Gasteiger partial charge in [-0.05, 0) is 30.7 Å². The van der Waals surface area contributed by atoms with Crippen LogP contribution in [0.15, 0.2) is 35.1 Å². The zero-order valence-electron chi connectivity index (χ0n) is 18.6. The molecule has 1 atom stereocenters. The van der Waals surface area contributed by atoms with Gasteiger partial charge in [-0.25, -0.2) is 4.68 Å². The number of benzene rings is 1. The van der Waals surface area contributed by atoms with Crippen molar-refractivity contribution in [3.63, 3.8) is 0 Å². The Balaban J connectivity index is 2.17. The monoisotopic (exact) mass is 486 g/mol. The van der Waals surface area contributed by atoms with Crippen molar-refractivity contribution in [3.8, 4) is 0 Å². The predicted octanol–water partition coefficient (Wildman–Crippen LogP) is 3.97. The van der Waals surface area contributed by atoms with Gasteiger partial charge in [-0.1, -0.05) is 19.6 Å². The second kappa shape index (κ2) is 10.3. The van der Waals surface area contributed by atoms with E-state index in [0.29, 0.717) is 12.7 Å². The molecular weight excluding hydrogens is 461 g/mol. The number of ether oxygens (including phenoxy) is 1. The lowest BCUT2D eigenvalue weighted by atomic mass is 10.0. The Morgan fingerprint density at radius 1 is 1.27 bits per heavy atom. The summed E-state index contributed by atoms with van der Waals surface area (Å²) >= 11 is 0. The molecule has 0 saturated heterocycles. The summed E-state index contributed by atoms with van der Waals surface area (Å²) in [5, 5.41) is 17.4. The van der Waals surface area contributed by atoms with Crippen LogP contribution in [0.5, 0.6) is 0 Å². The molecule has 1 aromatic carbocycles. The fourth-order valence-corrected chi connectivity index (χ4v) is 3.46. The minimum atomic E-state index is -4.79. The number of amides is 1. The summed E-state index contributed by atoms with van der Waals surface area (Å²) in [4.78, 5) is 34.7. The smallest absolute Gasteiger partial charge is 0.359 e. The number of halogens is 3. The number of carbonyl (C=O) groups excluding carboxylic acids is 1. The molecule has 0 fully saturated rings. The molecule has 0 aliphatic carbocycles. The first-order valence-corrected chi connectivity index (χ1v) is 13.7. The number of nitro groups is 1. The molecule has 0 spiro atoms. The van der Waals surface area contributed by atoms with Gasteiger partial charge in [0.2, 0.25) is 0 Å². The highest BCUT2D eigenvalue weighted by Crippen LogP contribution is 2.34. The quantitative estimate of drug-likeness (QED) is 0.248. The highest BCUT2D eigenvalue weighted by Gasteiger charge is 2.33. The minimum absolute atomic E-state index is 0.104. The maximum absolute atomic E-state index is 13.1. The summed E-state index contributed by atoms with van der Waals surface area (Å²) in [7, 11) is -1.33. The largest absolute Gasteiger partial charge is 0.416 e. The lowest BCUT2D eigenvalue weighted by molar-refractivity contribution is -0.385. The molecule has 0 radical (unpaired) electrons. The van der Waals surface area contributed by atoms with E-state index >= 15 is 0 Å². The van der Waals surface area contributed by atoms with Gasteiger partial charge in [0, 0.05) is 32.9 Å². The number of nitro benzene ring substituents is 1. The van der Waals surface area contributed by atoms with E-state index < -0.39 is 47.9 Å². The van der Waals surface area contributed by atoms with Gasteiger partial charge in [0.05, 0.1) is 16.5 Å². The van der Waals surface area contributed by atoms with Crippen LogP contribution >= 0.6 is 0 Å². The van der Waals surface area contributed by atoms with Crippen LogP contribution in [0.4, 0.5) is 18.9 Å². The van der Waals surface area contributed by atoms with Gasteiger partial charge in [-0.2, -0.15) is 18.3 Å². The van der Waals surface area contributed by atoms with Crippen LogP contribution in [0.2, 0.25) is 25.7 Å². The maximum Gasteiger partial charge on any atom is 0.416 e. The van der Waals surface area contributed by atoms with E-state index in [0.717, 1.165) is 28.9 Å². The van der Waals surface area contributed by atoms with Crippen molar-refractivity contribution in [1.82, 2.24) is 15.1 Å². The molecule has 0 aliphatic heterocycles. The van der Waals surface area contributed by atoms with Gasteiger partial charge < -0.3 is 10.1 Å². The molecule has 1 aromatic heterocycles. The number of aromatic nitrogens is 2. The summed E-state index contributed by atoms with van der Waals surface area (Å²) in [5.41, 5.74) is -2.69. The first-order valence-electron chi connectivity index (χ1n) is 10.0. The maximum atomic E-state index is 13.1. The number of non-ortho nitro benzene ring substituents is 1. The Hall–Kier alpha value is -3.06. The summed E-state index contributed by atoms with van der Waals surface area (Å²) in [5.74, 6) is -0.765. The van der Waals surface area contributed by atoms with E-state index in [2.05, 4.69) is 30.1 Å². The van der Waals surface area contributed by atoms with E-state index in [9.17, 15) is 32.9 Å². The molecule has 180 valence electrons. The van der Waals surface area contributed by atoms with Crippen LogP contribution in [0.25, 0.3) is 0 Å². The van der Waals surface area contributed by atoms with Crippen LogP contribution in [0.1, 0.15) is 34.6 Å². The van der Waals surface area contributed by atoms with Crippen molar-refractivity contribution in [2.75, 3.05) is 6.61 Å². The van der Waals surface area contributed by atoms with Gasteiger partial charge in [0.25, 0.3) is 17.2 Å². The van der Waals surface area contributed by atoms with Gasteiger partial charge >= 0.3 is 6.18 Å². The SMILES string of the molecule is C[C@@H](NC(=O)c1ccc(=O)n(COCC[Si](C)(C)C)n1)c1cc([N+](=O)[O-])cc(C(F)(F)F)c1. The number of carbonyl (C=O) groups is 1. The molecule has 0 unspecified atom stereocenters. The van der Waals surface area contributed by atoms with Crippen LogP contribution < -0.4 is 10.9 Å². The van der Waals surface area contributed by atoms with Crippen LogP contribution in [-0.4, -0.2) is 35.3 Å². The Labute approximate surface area is 188 Å². The zero-order valence-corrected chi connectivity index (χ0v) is 19.6. The minimum Gasteiger partial charge on any atom is -0.359 e. The van der Waals surface area contributed by atoms with E-state index in [-0.39, 0.29) is 18.0 Å². The topological polar surface area (TPSA) is 116 Å². The van der Waals surface area contributed by atoms with Crippen molar-refractivity contribution in [2.45, 2.75) is 51.6 Å². The molecule has 1 amide bonds. The summed E-state index contributed by atoms with van der Waals surface area (Å²) in [6.07, 6.45) is -4.79. The highest BCUT2D eigenvalue weighted by atomic mass is 28.3. The van der Waals surface area contributed by atoms with Crippen molar-refractivity contribution in [2.24, 2.45) is 0 Å².